The topological polar surface area (TPSA) is 78.5 Å². The highest BCUT2D eigenvalue weighted by atomic mass is 79.9. The lowest BCUT2D eigenvalue weighted by molar-refractivity contribution is -0.136. The van der Waals surface area contributed by atoms with Crippen molar-refractivity contribution in [1.29, 1.82) is 0 Å². The zero-order valence-electron chi connectivity index (χ0n) is 12.1. The summed E-state index contributed by atoms with van der Waals surface area (Å²) in [5.74, 6) is -1.20. The Bertz CT molecular complexity index is 560. The van der Waals surface area contributed by atoms with Crippen molar-refractivity contribution < 1.29 is 14.4 Å². The van der Waals surface area contributed by atoms with Crippen LogP contribution < -0.4 is 10.6 Å². The summed E-state index contributed by atoms with van der Waals surface area (Å²) >= 11 is 3.29. The maximum atomic E-state index is 11.7. The highest BCUT2D eigenvalue weighted by Crippen LogP contribution is 2.13. The standard InChI is InChI=1S/C15H18BrN3O3/c16-11-4-6-12(7-5-11)18-15(22)14(21)17-8-2-10-19-9-1-3-13(19)20/h4-7H,1-3,8-10H2,(H,17,21)(H,18,22). The van der Waals surface area contributed by atoms with Crippen molar-refractivity contribution in [3.63, 3.8) is 0 Å². The molecule has 0 aromatic heterocycles. The van der Waals surface area contributed by atoms with Gasteiger partial charge in [0.05, 0.1) is 0 Å². The van der Waals surface area contributed by atoms with E-state index in [9.17, 15) is 14.4 Å². The number of rotatable bonds is 5. The first-order valence-corrected chi connectivity index (χ1v) is 7.98. The number of nitrogens with zero attached hydrogens (tertiary/aromatic N) is 1. The monoisotopic (exact) mass is 367 g/mol. The molecule has 1 aromatic carbocycles. The number of likely N-dealkylation sites (tertiary alicyclic amines) is 1. The predicted molar refractivity (Wildman–Crippen MR) is 86.2 cm³/mol. The molecule has 0 bridgehead atoms. The van der Waals surface area contributed by atoms with E-state index in [-0.39, 0.29) is 5.91 Å². The lowest BCUT2D eigenvalue weighted by atomic mass is 10.3. The SMILES string of the molecule is O=C(NCCCN1CCCC1=O)C(=O)Nc1ccc(Br)cc1. The molecule has 22 heavy (non-hydrogen) atoms. The lowest BCUT2D eigenvalue weighted by Gasteiger charge is -2.15. The first-order chi connectivity index (χ1) is 10.6. The van der Waals surface area contributed by atoms with Gasteiger partial charge in [-0.3, -0.25) is 14.4 Å². The minimum Gasteiger partial charge on any atom is -0.348 e. The van der Waals surface area contributed by atoms with Crippen LogP contribution in [0.4, 0.5) is 5.69 Å². The third kappa shape index (κ3) is 4.84. The van der Waals surface area contributed by atoms with Gasteiger partial charge in [0.25, 0.3) is 0 Å². The van der Waals surface area contributed by atoms with Gasteiger partial charge in [0, 0.05) is 36.2 Å². The van der Waals surface area contributed by atoms with Gasteiger partial charge in [-0.25, -0.2) is 0 Å². The summed E-state index contributed by atoms with van der Waals surface area (Å²) in [5, 5.41) is 5.08. The van der Waals surface area contributed by atoms with Gasteiger partial charge in [-0.05, 0) is 37.1 Å². The number of amides is 3. The molecule has 1 saturated heterocycles. The van der Waals surface area contributed by atoms with E-state index in [1.807, 2.05) is 0 Å². The predicted octanol–water partition coefficient (Wildman–Crippen LogP) is 1.52. The molecule has 6 nitrogen and oxygen atoms in total. The first kappa shape index (κ1) is 16.5. The number of hydrogen-bond donors (Lipinski definition) is 2. The Kier molecular flexibility index (Phi) is 5.94. The number of anilines is 1. The van der Waals surface area contributed by atoms with Gasteiger partial charge in [-0.1, -0.05) is 15.9 Å². The number of nitrogens with one attached hydrogen (secondary N) is 2. The van der Waals surface area contributed by atoms with Gasteiger partial charge in [-0.15, -0.1) is 0 Å². The molecule has 1 fully saturated rings. The largest absolute Gasteiger partial charge is 0.348 e. The molecule has 0 saturated carbocycles. The Morgan fingerprint density at radius 3 is 2.55 bits per heavy atom. The molecule has 3 amide bonds. The van der Waals surface area contributed by atoms with Gasteiger partial charge < -0.3 is 15.5 Å². The average molecular weight is 368 g/mol. The van der Waals surface area contributed by atoms with Gasteiger partial charge in [0.15, 0.2) is 0 Å². The molecular weight excluding hydrogens is 350 g/mol. The van der Waals surface area contributed by atoms with Gasteiger partial charge >= 0.3 is 11.8 Å². The molecule has 7 heteroatoms. The number of halogens is 1. The van der Waals surface area contributed by atoms with Gasteiger partial charge in [-0.2, -0.15) is 0 Å². The van der Waals surface area contributed by atoms with Crippen molar-refractivity contribution in [2.24, 2.45) is 0 Å². The summed E-state index contributed by atoms with van der Waals surface area (Å²) in [6.07, 6.45) is 2.16. The first-order valence-electron chi connectivity index (χ1n) is 7.19. The molecular formula is C15H18BrN3O3. The molecule has 0 spiro atoms. The van der Waals surface area contributed by atoms with E-state index >= 15 is 0 Å². The summed E-state index contributed by atoms with van der Waals surface area (Å²) in [6.45, 7) is 1.78. The summed E-state index contributed by atoms with van der Waals surface area (Å²) in [4.78, 5) is 36.6. The molecule has 1 aliphatic heterocycles. The Balaban J connectivity index is 1.67. The van der Waals surface area contributed by atoms with E-state index < -0.39 is 11.8 Å². The quantitative estimate of drug-likeness (QED) is 0.611. The second-order valence-electron chi connectivity index (χ2n) is 5.05. The van der Waals surface area contributed by atoms with E-state index in [1.54, 1.807) is 29.2 Å². The summed E-state index contributed by atoms with van der Waals surface area (Å²) in [5.41, 5.74) is 0.561. The van der Waals surface area contributed by atoms with Crippen molar-refractivity contribution >= 4 is 39.3 Å². The van der Waals surface area contributed by atoms with E-state index in [0.29, 0.717) is 31.6 Å². The number of carbonyl (C=O) groups excluding carboxylic acids is 3. The molecule has 1 aromatic rings. The third-order valence-electron chi connectivity index (χ3n) is 3.37. The van der Waals surface area contributed by atoms with Crippen LogP contribution in [0.5, 0.6) is 0 Å². The smallest absolute Gasteiger partial charge is 0.313 e. The van der Waals surface area contributed by atoms with Crippen molar-refractivity contribution in [3.8, 4) is 0 Å². The van der Waals surface area contributed by atoms with E-state index in [0.717, 1.165) is 17.4 Å². The minimum absolute atomic E-state index is 0.166. The zero-order valence-corrected chi connectivity index (χ0v) is 13.7. The summed E-state index contributed by atoms with van der Waals surface area (Å²) < 4.78 is 0.895. The lowest BCUT2D eigenvalue weighted by Crippen LogP contribution is -2.37. The molecule has 0 radical (unpaired) electrons. The van der Waals surface area contributed by atoms with Crippen LogP contribution in [-0.2, 0) is 14.4 Å². The van der Waals surface area contributed by atoms with E-state index in [4.69, 9.17) is 0 Å². The molecule has 0 aliphatic carbocycles. The van der Waals surface area contributed by atoms with Crippen LogP contribution in [-0.4, -0.2) is 42.3 Å². The normalized spacial score (nSPS) is 14.0. The second-order valence-corrected chi connectivity index (χ2v) is 5.97. The average Bonchev–Trinajstić information content (AvgIpc) is 2.91. The highest BCUT2D eigenvalue weighted by Gasteiger charge is 2.19. The minimum atomic E-state index is -0.695. The van der Waals surface area contributed by atoms with Crippen LogP contribution in [0.3, 0.4) is 0 Å². The second kappa shape index (κ2) is 7.93. The molecule has 0 atom stereocenters. The molecule has 2 N–H and O–H groups in total. The zero-order chi connectivity index (χ0) is 15.9. The van der Waals surface area contributed by atoms with Crippen LogP contribution in [0, 0.1) is 0 Å². The van der Waals surface area contributed by atoms with Crippen molar-refractivity contribution in [2.75, 3.05) is 25.0 Å². The van der Waals surface area contributed by atoms with Crippen molar-refractivity contribution in [3.05, 3.63) is 28.7 Å². The molecule has 1 heterocycles. The number of benzene rings is 1. The maximum Gasteiger partial charge on any atom is 0.313 e. The maximum absolute atomic E-state index is 11.7. The molecule has 2 rings (SSSR count). The molecule has 0 unspecified atom stereocenters. The van der Waals surface area contributed by atoms with Crippen molar-refractivity contribution in [1.82, 2.24) is 10.2 Å². The number of hydrogen-bond acceptors (Lipinski definition) is 3. The van der Waals surface area contributed by atoms with Crippen LogP contribution >= 0.6 is 15.9 Å². The Hall–Kier alpha value is -1.89. The van der Waals surface area contributed by atoms with Gasteiger partial charge in [0.1, 0.15) is 0 Å². The Labute approximate surface area is 137 Å². The summed E-state index contributed by atoms with van der Waals surface area (Å²) in [6, 6.07) is 6.96. The fourth-order valence-corrected chi connectivity index (χ4v) is 2.48. The van der Waals surface area contributed by atoms with Crippen LogP contribution in [0.1, 0.15) is 19.3 Å². The molecule has 1 aliphatic rings. The highest BCUT2D eigenvalue weighted by molar-refractivity contribution is 9.10. The third-order valence-corrected chi connectivity index (χ3v) is 3.90. The van der Waals surface area contributed by atoms with E-state index in [1.165, 1.54) is 0 Å². The summed E-state index contributed by atoms with van der Waals surface area (Å²) in [7, 11) is 0. The fraction of sp³-hybridized carbons (Fsp3) is 0.400. The van der Waals surface area contributed by atoms with Gasteiger partial charge in [0.2, 0.25) is 5.91 Å². The van der Waals surface area contributed by atoms with E-state index in [2.05, 4.69) is 26.6 Å². The van der Waals surface area contributed by atoms with Crippen LogP contribution in [0.2, 0.25) is 0 Å². The van der Waals surface area contributed by atoms with Crippen LogP contribution in [0.25, 0.3) is 0 Å². The molecule has 118 valence electrons. The Morgan fingerprint density at radius 2 is 1.91 bits per heavy atom. The fourth-order valence-electron chi connectivity index (χ4n) is 2.21. The van der Waals surface area contributed by atoms with Crippen molar-refractivity contribution in [2.45, 2.75) is 19.3 Å². The van der Waals surface area contributed by atoms with Crippen LogP contribution in [0.15, 0.2) is 28.7 Å². The Morgan fingerprint density at radius 1 is 1.18 bits per heavy atom. The number of carbonyl (C=O) groups is 3.